The van der Waals surface area contributed by atoms with Gasteiger partial charge in [0.1, 0.15) is 16.2 Å². The second-order valence-corrected chi connectivity index (χ2v) is 9.31. The number of nitrogens with zero attached hydrogens (tertiary/aromatic N) is 3. The van der Waals surface area contributed by atoms with E-state index < -0.39 is 9.84 Å². The molecule has 0 amide bonds. The molecule has 2 aromatic carbocycles. The first-order valence-corrected chi connectivity index (χ1v) is 10.6. The Hall–Kier alpha value is -2.93. The zero-order valence-electron chi connectivity index (χ0n) is 16.0. The van der Waals surface area contributed by atoms with Crippen LogP contribution in [-0.2, 0) is 16.4 Å². The zero-order valence-corrected chi connectivity index (χ0v) is 16.9. The predicted octanol–water partition coefficient (Wildman–Crippen LogP) is 3.96. The van der Waals surface area contributed by atoms with Crippen LogP contribution in [0.2, 0.25) is 0 Å². The first kappa shape index (κ1) is 18.4. The maximum absolute atomic E-state index is 13.5. The van der Waals surface area contributed by atoms with Crippen LogP contribution in [0, 0.1) is 12.8 Å². The Morgan fingerprint density at radius 2 is 1.61 bits per heavy atom. The lowest BCUT2D eigenvalue weighted by Gasteiger charge is -2.10. The van der Waals surface area contributed by atoms with Crippen molar-refractivity contribution in [3.63, 3.8) is 0 Å². The molecule has 0 radical (unpaired) electrons. The summed E-state index contributed by atoms with van der Waals surface area (Å²) in [7, 11) is -3.84. The van der Waals surface area contributed by atoms with Crippen molar-refractivity contribution in [3.8, 4) is 0 Å². The summed E-state index contributed by atoms with van der Waals surface area (Å²) < 4.78 is 28.7. The van der Waals surface area contributed by atoms with Gasteiger partial charge in [0.15, 0.2) is 5.65 Å². The number of sulfone groups is 1. The van der Waals surface area contributed by atoms with E-state index >= 15 is 0 Å². The van der Waals surface area contributed by atoms with Crippen molar-refractivity contribution in [2.24, 2.45) is 5.92 Å². The molecule has 0 unspecified atom stereocenters. The van der Waals surface area contributed by atoms with Crippen molar-refractivity contribution in [1.82, 2.24) is 14.5 Å². The number of rotatable bonds is 4. The Balaban J connectivity index is 2.08. The second-order valence-electron chi connectivity index (χ2n) is 7.42. The Bertz CT molecular complexity index is 1290. The van der Waals surface area contributed by atoms with E-state index in [-0.39, 0.29) is 21.5 Å². The summed E-state index contributed by atoms with van der Waals surface area (Å²) >= 11 is 0. The van der Waals surface area contributed by atoms with Crippen LogP contribution in [0.4, 0.5) is 5.82 Å². The summed E-state index contributed by atoms with van der Waals surface area (Å²) in [6, 6.07) is 14.2. The first-order valence-electron chi connectivity index (χ1n) is 9.15. The molecule has 0 spiro atoms. The standard InChI is InChI=1S/C21H22N4O2S/c1-13(2)12-25-20(22)19(28(26,27)15-10-8-14(3)9-11-15)18-21(25)24-17-7-5-4-6-16(17)23-18/h4-11,13H,12,22H2,1-3H3. The van der Waals surface area contributed by atoms with Crippen molar-refractivity contribution in [1.29, 1.82) is 0 Å². The van der Waals surface area contributed by atoms with E-state index in [1.807, 2.05) is 45.0 Å². The highest BCUT2D eigenvalue weighted by molar-refractivity contribution is 7.92. The summed E-state index contributed by atoms with van der Waals surface area (Å²) in [6.45, 7) is 6.57. The van der Waals surface area contributed by atoms with Gasteiger partial charge in [-0.15, -0.1) is 0 Å². The van der Waals surface area contributed by atoms with E-state index in [4.69, 9.17) is 5.73 Å². The van der Waals surface area contributed by atoms with Crippen LogP contribution < -0.4 is 5.73 Å². The maximum Gasteiger partial charge on any atom is 0.212 e. The molecule has 0 saturated carbocycles. The number of hydrogen-bond donors (Lipinski definition) is 1. The average Bonchev–Trinajstić information content (AvgIpc) is 2.91. The van der Waals surface area contributed by atoms with Crippen LogP contribution in [0.25, 0.3) is 22.2 Å². The predicted molar refractivity (Wildman–Crippen MR) is 111 cm³/mol. The largest absolute Gasteiger partial charge is 0.384 e. The fourth-order valence-electron chi connectivity index (χ4n) is 3.34. The topological polar surface area (TPSA) is 90.9 Å². The average molecular weight is 395 g/mol. The molecule has 4 rings (SSSR count). The third-order valence-electron chi connectivity index (χ3n) is 4.69. The molecule has 0 aliphatic heterocycles. The van der Waals surface area contributed by atoms with E-state index in [0.29, 0.717) is 28.7 Å². The molecule has 2 aromatic heterocycles. The molecule has 6 nitrogen and oxygen atoms in total. The lowest BCUT2D eigenvalue weighted by atomic mass is 10.2. The summed E-state index contributed by atoms with van der Waals surface area (Å²) in [5.74, 6) is 0.445. The van der Waals surface area contributed by atoms with Crippen molar-refractivity contribution in [2.45, 2.75) is 37.1 Å². The molecule has 0 saturated heterocycles. The highest BCUT2D eigenvalue weighted by Gasteiger charge is 2.30. The minimum absolute atomic E-state index is 0.0326. The van der Waals surface area contributed by atoms with E-state index in [0.717, 1.165) is 5.56 Å². The molecule has 2 N–H and O–H groups in total. The number of nitrogens with two attached hydrogens (primary N) is 1. The molecule has 28 heavy (non-hydrogen) atoms. The van der Waals surface area contributed by atoms with Crippen LogP contribution in [0.3, 0.4) is 0 Å². The van der Waals surface area contributed by atoms with Crippen LogP contribution in [0.15, 0.2) is 58.3 Å². The van der Waals surface area contributed by atoms with E-state index in [1.54, 1.807) is 28.8 Å². The van der Waals surface area contributed by atoms with Gasteiger partial charge in [-0.1, -0.05) is 43.7 Å². The Morgan fingerprint density at radius 1 is 1.00 bits per heavy atom. The quantitative estimate of drug-likeness (QED) is 0.566. The maximum atomic E-state index is 13.5. The molecule has 0 aliphatic carbocycles. The van der Waals surface area contributed by atoms with Gasteiger partial charge in [-0.05, 0) is 37.1 Å². The minimum atomic E-state index is -3.84. The number of fused-ring (bicyclic) bond motifs is 2. The van der Waals surface area contributed by atoms with Crippen LogP contribution in [0.5, 0.6) is 0 Å². The molecule has 7 heteroatoms. The fourth-order valence-corrected chi connectivity index (χ4v) is 4.85. The number of anilines is 1. The number of para-hydroxylation sites is 2. The Kier molecular flexibility index (Phi) is 4.34. The lowest BCUT2D eigenvalue weighted by molar-refractivity contribution is 0.535. The third-order valence-corrected chi connectivity index (χ3v) is 6.53. The SMILES string of the molecule is Cc1ccc(S(=O)(=O)c2c(N)n(CC(C)C)c3nc4ccccc4nc23)cc1. The van der Waals surface area contributed by atoms with Gasteiger partial charge >= 0.3 is 0 Å². The van der Waals surface area contributed by atoms with Crippen molar-refractivity contribution >= 4 is 37.9 Å². The van der Waals surface area contributed by atoms with Gasteiger partial charge in [0.2, 0.25) is 9.84 Å². The molecular formula is C21H22N4O2S. The minimum Gasteiger partial charge on any atom is -0.384 e. The highest BCUT2D eigenvalue weighted by atomic mass is 32.2. The number of benzene rings is 2. The number of nitrogen functional groups attached to an aromatic ring is 1. The summed E-state index contributed by atoms with van der Waals surface area (Å²) in [4.78, 5) is 9.55. The number of hydrogen-bond acceptors (Lipinski definition) is 5. The zero-order chi connectivity index (χ0) is 20.1. The third kappa shape index (κ3) is 2.92. The van der Waals surface area contributed by atoms with Crippen molar-refractivity contribution in [2.75, 3.05) is 5.73 Å². The Morgan fingerprint density at radius 3 is 2.21 bits per heavy atom. The van der Waals surface area contributed by atoms with Gasteiger partial charge in [-0.3, -0.25) is 0 Å². The summed E-state index contributed by atoms with van der Waals surface area (Å²) in [5.41, 5.74) is 9.52. The first-order chi connectivity index (χ1) is 13.3. The number of aryl methyl sites for hydroxylation is 1. The molecule has 0 atom stereocenters. The van der Waals surface area contributed by atoms with Gasteiger partial charge in [-0.2, -0.15) is 0 Å². The molecule has 2 heterocycles. The second kappa shape index (κ2) is 6.60. The molecule has 0 fully saturated rings. The van der Waals surface area contributed by atoms with Crippen molar-refractivity contribution < 1.29 is 8.42 Å². The summed E-state index contributed by atoms with van der Waals surface area (Å²) in [6.07, 6.45) is 0. The molecular weight excluding hydrogens is 372 g/mol. The normalized spacial score (nSPS) is 12.3. The van der Waals surface area contributed by atoms with Gasteiger partial charge in [0, 0.05) is 6.54 Å². The molecule has 0 bridgehead atoms. The van der Waals surface area contributed by atoms with Gasteiger partial charge in [0.25, 0.3) is 0 Å². The van der Waals surface area contributed by atoms with E-state index in [9.17, 15) is 8.42 Å². The van der Waals surface area contributed by atoms with Crippen LogP contribution in [0.1, 0.15) is 19.4 Å². The van der Waals surface area contributed by atoms with E-state index in [1.165, 1.54) is 0 Å². The van der Waals surface area contributed by atoms with Crippen LogP contribution >= 0.6 is 0 Å². The molecule has 144 valence electrons. The van der Waals surface area contributed by atoms with E-state index in [2.05, 4.69) is 9.97 Å². The highest BCUT2D eigenvalue weighted by Crippen LogP contribution is 2.35. The number of aromatic nitrogens is 3. The smallest absolute Gasteiger partial charge is 0.212 e. The van der Waals surface area contributed by atoms with Gasteiger partial charge in [0.05, 0.1) is 15.9 Å². The van der Waals surface area contributed by atoms with Crippen LogP contribution in [-0.4, -0.2) is 23.0 Å². The molecule has 0 aliphatic rings. The fraction of sp³-hybridized carbons (Fsp3) is 0.238. The lowest BCUT2D eigenvalue weighted by Crippen LogP contribution is -2.10. The molecule has 4 aromatic rings. The monoisotopic (exact) mass is 394 g/mol. The Labute approximate surface area is 164 Å². The van der Waals surface area contributed by atoms with Crippen molar-refractivity contribution in [3.05, 3.63) is 54.1 Å². The van der Waals surface area contributed by atoms with Gasteiger partial charge in [-0.25, -0.2) is 18.4 Å². The van der Waals surface area contributed by atoms with Gasteiger partial charge < -0.3 is 10.3 Å². The summed E-state index contributed by atoms with van der Waals surface area (Å²) in [5, 5.41) is 0.